The average Bonchev–Trinajstić information content (AvgIpc) is 3.18. The number of nitrogens with one attached hydrogen (secondary N) is 1. The summed E-state index contributed by atoms with van der Waals surface area (Å²) in [5, 5.41) is 12.2. The van der Waals surface area contributed by atoms with Crippen LogP contribution in [0.4, 0.5) is 5.69 Å². The van der Waals surface area contributed by atoms with Crippen LogP contribution in [0.5, 0.6) is 0 Å². The van der Waals surface area contributed by atoms with E-state index in [2.05, 4.69) is 59.7 Å². The molecule has 0 aliphatic heterocycles. The highest BCUT2D eigenvalue weighted by Gasteiger charge is 2.23. The van der Waals surface area contributed by atoms with Crippen molar-refractivity contribution in [1.29, 1.82) is 0 Å². The van der Waals surface area contributed by atoms with Gasteiger partial charge < -0.3 is 9.88 Å². The molecule has 158 valence electrons. The molecule has 0 saturated heterocycles. The topological polar surface area (TPSA) is 64.7 Å². The largest absolute Gasteiger partial charge is 0.378 e. The summed E-state index contributed by atoms with van der Waals surface area (Å²) in [6.07, 6.45) is 8.08. The molecule has 3 aromatic rings. The van der Waals surface area contributed by atoms with Gasteiger partial charge in [-0.3, -0.25) is 4.79 Å². The second-order valence-corrected chi connectivity index (χ2v) is 8.82. The molecule has 30 heavy (non-hydrogen) atoms. The van der Waals surface area contributed by atoms with Crippen molar-refractivity contribution in [2.24, 2.45) is 13.0 Å². The Morgan fingerprint density at radius 3 is 2.50 bits per heavy atom. The third-order valence-electron chi connectivity index (χ3n) is 5.90. The molecule has 2 aromatic heterocycles. The van der Waals surface area contributed by atoms with Gasteiger partial charge in [-0.05, 0) is 49.1 Å². The Kier molecular flexibility index (Phi) is 6.02. The standard InChI is InChI=1S/C24H31N5O/c1-17(2)15-29-16-20(23-14-25-28(3)27-23)13-22(24(29)30)26-21-11-9-19(10-12-21)18-7-5-4-6-8-18/h4-8,13-14,16-17,19,21,26H,9-12,15H2,1-3H3/t19-,21+. The van der Waals surface area contributed by atoms with Crippen molar-refractivity contribution in [1.82, 2.24) is 19.6 Å². The highest BCUT2D eigenvalue weighted by molar-refractivity contribution is 5.62. The molecule has 0 atom stereocenters. The molecule has 4 rings (SSSR count). The Morgan fingerprint density at radius 1 is 1.13 bits per heavy atom. The second kappa shape index (κ2) is 8.86. The minimum absolute atomic E-state index is 0.0431. The Balaban J connectivity index is 1.54. The summed E-state index contributed by atoms with van der Waals surface area (Å²) >= 11 is 0. The molecule has 1 fully saturated rings. The van der Waals surface area contributed by atoms with E-state index in [0.717, 1.165) is 36.9 Å². The van der Waals surface area contributed by atoms with Crippen LogP contribution < -0.4 is 10.9 Å². The summed E-state index contributed by atoms with van der Waals surface area (Å²) in [7, 11) is 1.80. The minimum atomic E-state index is 0.0431. The van der Waals surface area contributed by atoms with Gasteiger partial charge in [0.15, 0.2) is 0 Å². The number of anilines is 1. The van der Waals surface area contributed by atoms with Crippen molar-refractivity contribution in [3.05, 3.63) is 64.7 Å². The van der Waals surface area contributed by atoms with Crippen LogP contribution in [0.25, 0.3) is 11.3 Å². The van der Waals surface area contributed by atoms with E-state index < -0.39 is 0 Å². The summed E-state index contributed by atoms with van der Waals surface area (Å²) < 4.78 is 1.81. The van der Waals surface area contributed by atoms with Gasteiger partial charge in [0.2, 0.25) is 0 Å². The van der Waals surface area contributed by atoms with Gasteiger partial charge in [-0.2, -0.15) is 15.0 Å². The molecule has 0 unspecified atom stereocenters. The highest BCUT2D eigenvalue weighted by atomic mass is 16.1. The van der Waals surface area contributed by atoms with Gasteiger partial charge in [0.1, 0.15) is 11.4 Å². The molecule has 1 aliphatic carbocycles. The van der Waals surface area contributed by atoms with Gasteiger partial charge in [-0.1, -0.05) is 44.2 Å². The summed E-state index contributed by atoms with van der Waals surface area (Å²) in [6.45, 7) is 4.93. The molecule has 6 heteroatoms. The van der Waals surface area contributed by atoms with Crippen molar-refractivity contribution in [3.8, 4) is 11.3 Å². The smallest absolute Gasteiger partial charge is 0.273 e. The van der Waals surface area contributed by atoms with E-state index in [-0.39, 0.29) is 5.56 Å². The van der Waals surface area contributed by atoms with Gasteiger partial charge in [0, 0.05) is 31.4 Å². The average molecular weight is 406 g/mol. The Labute approximate surface area is 177 Å². The van der Waals surface area contributed by atoms with Crippen molar-refractivity contribution in [3.63, 3.8) is 0 Å². The third kappa shape index (κ3) is 4.64. The first-order chi connectivity index (χ1) is 14.5. The molecule has 1 N–H and O–H groups in total. The van der Waals surface area contributed by atoms with E-state index in [1.165, 1.54) is 5.56 Å². The number of aryl methyl sites for hydroxylation is 1. The molecular formula is C24H31N5O. The van der Waals surface area contributed by atoms with Gasteiger partial charge in [-0.25, -0.2) is 0 Å². The number of hydrogen-bond donors (Lipinski definition) is 1. The molecule has 2 heterocycles. The molecule has 0 bridgehead atoms. The molecule has 1 saturated carbocycles. The van der Waals surface area contributed by atoms with E-state index in [1.54, 1.807) is 18.0 Å². The lowest BCUT2D eigenvalue weighted by molar-refractivity contribution is 0.411. The first kappa shape index (κ1) is 20.4. The lowest BCUT2D eigenvalue weighted by Gasteiger charge is -2.30. The SMILES string of the molecule is CC(C)Cn1cc(-c2cnn(C)n2)cc(N[C@H]2CC[C@@H](c3ccccc3)CC2)c1=O. The van der Waals surface area contributed by atoms with E-state index in [4.69, 9.17) is 0 Å². The van der Waals surface area contributed by atoms with Crippen LogP contribution in [-0.4, -0.2) is 25.6 Å². The van der Waals surface area contributed by atoms with E-state index in [9.17, 15) is 4.79 Å². The number of hydrogen-bond acceptors (Lipinski definition) is 4. The predicted octanol–water partition coefficient (Wildman–Crippen LogP) is 4.44. The number of aromatic nitrogens is 4. The van der Waals surface area contributed by atoms with E-state index in [1.807, 2.05) is 16.8 Å². The maximum atomic E-state index is 13.1. The molecule has 0 spiro atoms. The van der Waals surface area contributed by atoms with Crippen molar-refractivity contribution in [2.45, 2.75) is 58.0 Å². The fourth-order valence-electron chi connectivity index (χ4n) is 4.40. The van der Waals surface area contributed by atoms with Crippen LogP contribution >= 0.6 is 0 Å². The zero-order valence-electron chi connectivity index (χ0n) is 18.1. The number of nitrogens with zero attached hydrogens (tertiary/aromatic N) is 4. The van der Waals surface area contributed by atoms with Crippen molar-refractivity contribution in [2.75, 3.05) is 5.32 Å². The summed E-state index contributed by atoms with van der Waals surface area (Å²) in [5.41, 5.74) is 3.85. The second-order valence-electron chi connectivity index (χ2n) is 8.82. The number of pyridine rings is 1. The van der Waals surface area contributed by atoms with Crippen LogP contribution in [-0.2, 0) is 13.6 Å². The zero-order chi connectivity index (χ0) is 21.1. The fraction of sp³-hybridized carbons (Fsp3) is 0.458. The van der Waals surface area contributed by atoms with Crippen LogP contribution in [0.2, 0.25) is 0 Å². The summed E-state index contributed by atoms with van der Waals surface area (Å²) in [4.78, 5) is 14.7. The molecule has 1 aromatic carbocycles. The predicted molar refractivity (Wildman–Crippen MR) is 121 cm³/mol. The van der Waals surface area contributed by atoms with Gasteiger partial charge >= 0.3 is 0 Å². The molecule has 0 radical (unpaired) electrons. The molecule has 6 nitrogen and oxygen atoms in total. The van der Waals surface area contributed by atoms with Crippen LogP contribution in [0, 0.1) is 5.92 Å². The lowest BCUT2D eigenvalue weighted by atomic mass is 9.82. The van der Waals surface area contributed by atoms with Crippen LogP contribution in [0.1, 0.15) is 51.0 Å². The monoisotopic (exact) mass is 405 g/mol. The third-order valence-corrected chi connectivity index (χ3v) is 5.90. The van der Waals surface area contributed by atoms with Gasteiger partial charge in [0.25, 0.3) is 5.56 Å². The Hall–Kier alpha value is -2.89. The fourth-order valence-corrected chi connectivity index (χ4v) is 4.40. The summed E-state index contributed by atoms with van der Waals surface area (Å²) in [5.74, 6) is 1.00. The quantitative estimate of drug-likeness (QED) is 0.659. The number of rotatable bonds is 6. The molecular weight excluding hydrogens is 374 g/mol. The molecule has 1 aliphatic rings. The van der Waals surface area contributed by atoms with Crippen LogP contribution in [0.3, 0.4) is 0 Å². The van der Waals surface area contributed by atoms with Crippen LogP contribution in [0.15, 0.2) is 53.6 Å². The zero-order valence-corrected chi connectivity index (χ0v) is 18.1. The molecule has 0 amide bonds. The van der Waals surface area contributed by atoms with E-state index in [0.29, 0.717) is 30.1 Å². The first-order valence-electron chi connectivity index (χ1n) is 10.9. The van der Waals surface area contributed by atoms with E-state index >= 15 is 0 Å². The lowest BCUT2D eigenvalue weighted by Crippen LogP contribution is -2.31. The maximum absolute atomic E-state index is 13.1. The minimum Gasteiger partial charge on any atom is -0.378 e. The number of benzene rings is 1. The normalized spacial score (nSPS) is 19.2. The summed E-state index contributed by atoms with van der Waals surface area (Å²) in [6, 6.07) is 13.0. The highest BCUT2D eigenvalue weighted by Crippen LogP contribution is 2.33. The van der Waals surface area contributed by atoms with Crippen molar-refractivity contribution < 1.29 is 0 Å². The van der Waals surface area contributed by atoms with Gasteiger partial charge in [-0.15, -0.1) is 0 Å². The first-order valence-corrected chi connectivity index (χ1v) is 10.9. The maximum Gasteiger partial charge on any atom is 0.273 e. The van der Waals surface area contributed by atoms with Gasteiger partial charge in [0.05, 0.1) is 6.20 Å². The Morgan fingerprint density at radius 2 is 1.87 bits per heavy atom. The Bertz CT molecular complexity index is 1030. The van der Waals surface area contributed by atoms with Crippen molar-refractivity contribution >= 4 is 5.69 Å².